The number of sulfonamides is 1. The minimum Gasteiger partial charge on any atom is -0.497 e. The number of aryl methyl sites for hydroxylation is 1. The number of amides is 1. The van der Waals surface area contributed by atoms with Crippen LogP contribution in [0.1, 0.15) is 41.8 Å². The molecule has 0 radical (unpaired) electrons. The first-order valence-corrected chi connectivity index (χ1v) is 13.0. The molecule has 1 aliphatic carbocycles. The van der Waals surface area contributed by atoms with Gasteiger partial charge in [0, 0.05) is 37.2 Å². The maximum absolute atomic E-state index is 13.3. The molecule has 0 aromatic heterocycles. The van der Waals surface area contributed by atoms with Gasteiger partial charge in [0.1, 0.15) is 10.6 Å². The number of hydrogen-bond acceptors (Lipinski definition) is 6. The minimum absolute atomic E-state index is 0.0934. The first-order chi connectivity index (χ1) is 16.2. The summed E-state index contributed by atoms with van der Waals surface area (Å²) in [6.07, 6.45) is 1.61. The number of carbonyl (C=O) groups excluding carboxylic acids is 1. The predicted molar refractivity (Wildman–Crippen MR) is 131 cm³/mol. The standard InChI is InChI=1S/C25H33N3O5S/c1-25(2)20-8-7-19(32-4)15-17(20)6-10-23(25)27-24(29)18-5-9-21(26-3)22(16-18)34(30,31)28-11-13-33-14-12-28/h5,7-9,15-16,23,26H,6,10-14H2,1-4H3,(H,27,29). The number of nitrogens with zero attached hydrogens (tertiary/aromatic N) is 1. The molecule has 9 heteroatoms. The van der Waals surface area contributed by atoms with Crippen LogP contribution in [0.15, 0.2) is 41.3 Å². The van der Waals surface area contributed by atoms with Gasteiger partial charge in [-0.3, -0.25) is 4.79 Å². The molecule has 0 saturated carbocycles. The number of rotatable bonds is 6. The van der Waals surface area contributed by atoms with Gasteiger partial charge < -0.3 is 20.1 Å². The monoisotopic (exact) mass is 487 g/mol. The molecule has 1 saturated heterocycles. The van der Waals surface area contributed by atoms with Gasteiger partial charge in [-0.1, -0.05) is 19.9 Å². The highest BCUT2D eigenvalue weighted by molar-refractivity contribution is 7.89. The minimum atomic E-state index is -3.76. The van der Waals surface area contributed by atoms with Gasteiger partial charge >= 0.3 is 0 Å². The van der Waals surface area contributed by atoms with Crippen LogP contribution in [-0.4, -0.2) is 65.1 Å². The number of carbonyl (C=O) groups is 1. The number of nitrogens with one attached hydrogen (secondary N) is 2. The number of methoxy groups -OCH3 is 1. The fourth-order valence-electron chi connectivity index (χ4n) is 4.88. The first-order valence-electron chi connectivity index (χ1n) is 11.6. The van der Waals surface area contributed by atoms with Gasteiger partial charge in [0.15, 0.2) is 0 Å². The molecule has 34 heavy (non-hydrogen) atoms. The van der Waals surface area contributed by atoms with E-state index in [-0.39, 0.29) is 22.3 Å². The third-order valence-corrected chi connectivity index (χ3v) is 8.92. The van der Waals surface area contributed by atoms with E-state index in [9.17, 15) is 13.2 Å². The Hall–Kier alpha value is -2.62. The zero-order valence-corrected chi connectivity index (χ0v) is 21.0. The summed E-state index contributed by atoms with van der Waals surface area (Å²) >= 11 is 0. The number of benzene rings is 2. The zero-order valence-electron chi connectivity index (χ0n) is 20.2. The smallest absolute Gasteiger partial charge is 0.251 e. The van der Waals surface area contributed by atoms with Crippen molar-refractivity contribution in [3.63, 3.8) is 0 Å². The fraction of sp³-hybridized carbons (Fsp3) is 0.480. The molecule has 2 aromatic carbocycles. The summed E-state index contributed by atoms with van der Waals surface area (Å²) in [5.74, 6) is 0.548. The van der Waals surface area contributed by atoms with Crippen molar-refractivity contribution in [1.29, 1.82) is 0 Å². The lowest BCUT2D eigenvalue weighted by Gasteiger charge is -2.41. The summed E-state index contributed by atoms with van der Waals surface area (Å²) in [5, 5.41) is 6.11. The number of fused-ring (bicyclic) bond motifs is 1. The molecule has 4 rings (SSSR count). The summed E-state index contributed by atoms with van der Waals surface area (Å²) in [4.78, 5) is 13.4. The quantitative estimate of drug-likeness (QED) is 0.651. The van der Waals surface area contributed by atoms with E-state index in [1.165, 1.54) is 21.5 Å². The highest BCUT2D eigenvalue weighted by atomic mass is 32.2. The Morgan fingerprint density at radius 3 is 2.56 bits per heavy atom. The highest BCUT2D eigenvalue weighted by Crippen LogP contribution is 2.38. The summed E-state index contributed by atoms with van der Waals surface area (Å²) in [7, 11) is -0.435. The fourth-order valence-corrected chi connectivity index (χ4v) is 6.52. The van der Waals surface area contributed by atoms with Crippen LogP contribution in [0, 0.1) is 0 Å². The van der Waals surface area contributed by atoms with Crippen molar-refractivity contribution in [3.8, 4) is 5.75 Å². The van der Waals surface area contributed by atoms with E-state index < -0.39 is 10.0 Å². The molecule has 0 bridgehead atoms. The highest BCUT2D eigenvalue weighted by Gasteiger charge is 2.38. The molecule has 8 nitrogen and oxygen atoms in total. The van der Waals surface area contributed by atoms with Crippen LogP contribution < -0.4 is 15.4 Å². The molecule has 2 N–H and O–H groups in total. The lowest BCUT2D eigenvalue weighted by Crippen LogP contribution is -2.50. The maximum atomic E-state index is 13.3. The van der Waals surface area contributed by atoms with Gasteiger partial charge in [0.25, 0.3) is 5.91 Å². The topological polar surface area (TPSA) is 97.0 Å². The first kappa shape index (κ1) is 24.5. The number of hydrogen-bond donors (Lipinski definition) is 2. The Balaban J connectivity index is 1.59. The van der Waals surface area contributed by atoms with Crippen LogP contribution in [-0.2, 0) is 26.6 Å². The van der Waals surface area contributed by atoms with Crippen LogP contribution in [0.4, 0.5) is 5.69 Å². The second-order valence-corrected chi connectivity index (χ2v) is 11.2. The number of ether oxygens (including phenoxy) is 2. The second kappa shape index (κ2) is 9.56. The molecule has 1 fully saturated rings. The van der Waals surface area contributed by atoms with Crippen molar-refractivity contribution >= 4 is 21.6 Å². The molecule has 1 unspecified atom stereocenters. The van der Waals surface area contributed by atoms with Gasteiger partial charge in [-0.25, -0.2) is 8.42 Å². The molecule has 1 atom stereocenters. The average Bonchev–Trinajstić information content (AvgIpc) is 2.85. The molecule has 0 spiro atoms. The van der Waals surface area contributed by atoms with Crippen molar-refractivity contribution in [3.05, 3.63) is 53.1 Å². The van der Waals surface area contributed by atoms with Crippen LogP contribution in [0.25, 0.3) is 0 Å². The molecule has 1 amide bonds. The maximum Gasteiger partial charge on any atom is 0.251 e. The van der Waals surface area contributed by atoms with E-state index in [1.807, 2.05) is 6.07 Å². The summed E-state index contributed by atoms with van der Waals surface area (Å²) < 4.78 is 38.7. The van der Waals surface area contributed by atoms with Gasteiger partial charge in [0.2, 0.25) is 10.0 Å². The van der Waals surface area contributed by atoms with Gasteiger partial charge in [-0.05, 0) is 54.3 Å². The third-order valence-electron chi connectivity index (χ3n) is 6.99. The van der Waals surface area contributed by atoms with Gasteiger partial charge in [-0.2, -0.15) is 4.31 Å². The summed E-state index contributed by atoms with van der Waals surface area (Å²) in [5.41, 5.74) is 2.91. The Labute approximate surface area is 201 Å². The van der Waals surface area contributed by atoms with Crippen LogP contribution in [0.5, 0.6) is 5.75 Å². The van der Waals surface area contributed by atoms with Gasteiger partial charge in [0.05, 0.1) is 26.0 Å². The number of morpholine rings is 1. The van der Waals surface area contributed by atoms with Gasteiger partial charge in [-0.15, -0.1) is 0 Å². The van der Waals surface area contributed by atoms with Crippen LogP contribution >= 0.6 is 0 Å². The molecule has 184 valence electrons. The molecule has 2 aromatic rings. The average molecular weight is 488 g/mol. The summed E-state index contributed by atoms with van der Waals surface area (Å²) in [6, 6.07) is 10.8. The van der Waals surface area contributed by atoms with E-state index in [4.69, 9.17) is 9.47 Å². The molecular weight excluding hydrogens is 454 g/mol. The SMILES string of the molecule is CNc1ccc(C(=O)NC2CCc3cc(OC)ccc3C2(C)C)cc1S(=O)(=O)N1CCOCC1. The van der Waals surface area contributed by atoms with Crippen molar-refractivity contribution < 1.29 is 22.7 Å². The van der Waals surface area contributed by atoms with Crippen LogP contribution in [0.2, 0.25) is 0 Å². The van der Waals surface area contributed by atoms with Crippen molar-refractivity contribution in [2.75, 3.05) is 45.8 Å². The Bertz CT molecular complexity index is 1170. The van der Waals surface area contributed by atoms with E-state index >= 15 is 0 Å². The molecule has 2 aliphatic rings. The largest absolute Gasteiger partial charge is 0.497 e. The molecular formula is C25H33N3O5S. The second-order valence-electron chi connectivity index (χ2n) is 9.29. The lowest BCUT2D eigenvalue weighted by atomic mass is 9.69. The van der Waals surface area contributed by atoms with Crippen molar-refractivity contribution in [1.82, 2.24) is 9.62 Å². The Kier molecular flexibility index (Phi) is 6.89. The molecule has 1 heterocycles. The van der Waals surface area contributed by atoms with Crippen molar-refractivity contribution in [2.45, 2.75) is 43.0 Å². The van der Waals surface area contributed by atoms with Crippen molar-refractivity contribution in [2.24, 2.45) is 0 Å². The van der Waals surface area contributed by atoms with E-state index in [1.54, 1.807) is 26.3 Å². The number of anilines is 1. The van der Waals surface area contributed by atoms with E-state index in [0.29, 0.717) is 37.6 Å². The lowest BCUT2D eigenvalue weighted by molar-refractivity contribution is 0.0730. The summed E-state index contributed by atoms with van der Waals surface area (Å²) in [6.45, 7) is 5.56. The normalized spacial score (nSPS) is 20.3. The Morgan fingerprint density at radius 1 is 1.15 bits per heavy atom. The zero-order chi connectivity index (χ0) is 24.5. The van der Waals surface area contributed by atoms with E-state index in [2.05, 4.69) is 36.6 Å². The van der Waals surface area contributed by atoms with Crippen LogP contribution in [0.3, 0.4) is 0 Å². The van der Waals surface area contributed by atoms with E-state index in [0.717, 1.165) is 18.6 Å². The molecule has 1 aliphatic heterocycles. The Morgan fingerprint density at radius 2 is 1.88 bits per heavy atom. The third kappa shape index (κ3) is 4.52. The predicted octanol–water partition coefficient (Wildman–Crippen LogP) is 2.78.